The smallest absolute Gasteiger partial charge is 0.168 e. The van der Waals surface area contributed by atoms with Gasteiger partial charge >= 0.3 is 0 Å². The summed E-state index contributed by atoms with van der Waals surface area (Å²) in [5, 5.41) is 9.40. The van der Waals surface area contributed by atoms with Crippen molar-refractivity contribution in [1.82, 2.24) is 0 Å². The van der Waals surface area contributed by atoms with Gasteiger partial charge in [-0.3, -0.25) is 0 Å². The van der Waals surface area contributed by atoms with Gasteiger partial charge in [-0.2, -0.15) is 0 Å². The maximum Gasteiger partial charge on any atom is 0.168 e. The van der Waals surface area contributed by atoms with Crippen LogP contribution >= 0.6 is 0 Å². The quantitative estimate of drug-likeness (QED) is 0.0605. The van der Waals surface area contributed by atoms with Crippen LogP contribution in [0.4, 0.5) is 0 Å². The average Bonchev–Trinajstić information content (AvgIpc) is 3.43. The van der Waals surface area contributed by atoms with Gasteiger partial charge in [0.2, 0.25) is 0 Å². The zero-order valence-electron chi connectivity index (χ0n) is 29.5. The van der Waals surface area contributed by atoms with Crippen LogP contribution < -0.4 is 0 Å². The van der Waals surface area contributed by atoms with Gasteiger partial charge < -0.3 is 14.6 Å². The molecule has 0 aromatic heterocycles. The Hall–Kier alpha value is -1.16. The van der Waals surface area contributed by atoms with E-state index in [1.807, 2.05) is 0 Å². The van der Waals surface area contributed by atoms with Crippen LogP contribution in [0, 0.1) is 0 Å². The number of unbranched alkanes of at least 4 members (excludes halogenated alkanes) is 18. The summed E-state index contributed by atoms with van der Waals surface area (Å²) < 4.78 is 12.7. The second-order valence-electron chi connectivity index (χ2n) is 13.1. The van der Waals surface area contributed by atoms with Gasteiger partial charge in [0, 0.05) is 19.4 Å². The number of allylic oxidation sites excluding steroid dienone is 8. The lowest BCUT2D eigenvalue weighted by atomic mass is 9.98. The average molecular weight is 615 g/mol. The van der Waals surface area contributed by atoms with Crippen LogP contribution in [0.15, 0.2) is 48.6 Å². The highest BCUT2D eigenvalue weighted by atomic mass is 16.7. The van der Waals surface area contributed by atoms with E-state index in [2.05, 4.69) is 62.5 Å². The lowest BCUT2D eigenvalue weighted by Crippen LogP contribution is -2.31. The number of aliphatic hydroxyl groups is 1. The van der Waals surface area contributed by atoms with E-state index in [1.54, 1.807) is 0 Å². The van der Waals surface area contributed by atoms with Gasteiger partial charge in [-0.05, 0) is 83.5 Å². The SMILES string of the molecule is CCCCC/C=C\C/C=C\CCCCCCCCC1(CCCCCCCC/C=C/C/C=C/CCCCC)OCC(CCO)O1. The molecule has 0 amide bonds. The third-order valence-corrected chi connectivity index (χ3v) is 8.88. The van der Waals surface area contributed by atoms with Gasteiger partial charge in [-0.15, -0.1) is 0 Å². The van der Waals surface area contributed by atoms with E-state index in [1.165, 1.54) is 141 Å². The molecular formula is C41H74O3. The van der Waals surface area contributed by atoms with Crippen molar-refractivity contribution in [3.05, 3.63) is 48.6 Å². The third-order valence-electron chi connectivity index (χ3n) is 8.88. The third kappa shape index (κ3) is 25.1. The lowest BCUT2D eigenvalue weighted by molar-refractivity contribution is -0.180. The summed E-state index contributed by atoms with van der Waals surface area (Å²) >= 11 is 0. The fourth-order valence-electron chi connectivity index (χ4n) is 6.06. The molecule has 3 nitrogen and oxygen atoms in total. The van der Waals surface area contributed by atoms with E-state index in [-0.39, 0.29) is 12.7 Å². The molecule has 0 aromatic carbocycles. The second-order valence-corrected chi connectivity index (χ2v) is 13.1. The molecule has 1 fully saturated rings. The van der Waals surface area contributed by atoms with E-state index in [0.29, 0.717) is 13.0 Å². The summed E-state index contributed by atoms with van der Waals surface area (Å²) in [6.07, 6.45) is 52.0. The highest BCUT2D eigenvalue weighted by molar-refractivity contribution is 4.93. The minimum absolute atomic E-state index is 0.0641. The van der Waals surface area contributed by atoms with Gasteiger partial charge in [0.15, 0.2) is 5.79 Å². The second kappa shape index (κ2) is 31.8. The molecule has 0 aromatic rings. The molecule has 2 unspecified atom stereocenters. The van der Waals surface area contributed by atoms with Crippen LogP contribution in [0.2, 0.25) is 0 Å². The summed E-state index contributed by atoms with van der Waals surface area (Å²) in [5.41, 5.74) is 0. The Morgan fingerprint density at radius 3 is 1.32 bits per heavy atom. The molecule has 44 heavy (non-hydrogen) atoms. The Morgan fingerprint density at radius 1 is 0.523 bits per heavy atom. The summed E-state index contributed by atoms with van der Waals surface area (Å²) in [6, 6.07) is 0. The molecule has 0 saturated carbocycles. The van der Waals surface area contributed by atoms with Gasteiger partial charge in [0.25, 0.3) is 0 Å². The Morgan fingerprint density at radius 2 is 0.909 bits per heavy atom. The van der Waals surface area contributed by atoms with E-state index in [4.69, 9.17) is 9.47 Å². The fourth-order valence-corrected chi connectivity index (χ4v) is 6.06. The molecular weight excluding hydrogens is 540 g/mol. The van der Waals surface area contributed by atoms with E-state index in [0.717, 1.165) is 25.7 Å². The molecule has 1 heterocycles. The first kappa shape index (κ1) is 40.9. The van der Waals surface area contributed by atoms with E-state index >= 15 is 0 Å². The first-order valence-corrected chi connectivity index (χ1v) is 19.3. The maximum atomic E-state index is 9.40. The molecule has 2 atom stereocenters. The molecule has 0 bridgehead atoms. The normalized spacial score (nSPS) is 19.2. The van der Waals surface area contributed by atoms with Crippen LogP contribution in [-0.4, -0.2) is 30.2 Å². The van der Waals surface area contributed by atoms with Gasteiger partial charge in [0.05, 0.1) is 12.7 Å². The molecule has 256 valence electrons. The minimum Gasteiger partial charge on any atom is -0.396 e. The zero-order chi connectivity index (χ0) is 31.7. The van der Waals surface area contributed by atoms with Crippen molar-refractivity contribution >= 4 is 0 Å². The number of aliphatic hydroxyl groups excluding tert-OH is 1. The van der Waals surface area contributed by atoms with Crippen molar-refractivity contribution in [2.75, 3.05) is 13.2 Å². The molecule has 1 aliphatic rings. The van der Waals surface area contributed by atoms with Crippen LogP contribution in [0.1, 0.15) is 187 Å². The minimum atomic E-state index is -0.398. The summed E-state index contributed by atoms with van der Waals surface area (Å²) in [4.78, 5) is 0. The van der Waals surface area contributed by atoms with Crippen LogP contribution in [0.5, 0.6) is 0 Å². The monoisotopic (exact) mass is 615 g/mol. The maximum absolute atomic E-state index is 9.40. The lowest BCUT2D eigenvalue weighted by Gasteiger charge is -2.28. The van der Waals surface area contributed by atoms with Crippen LogP contribution in [0.3, 0.4) is 0 Å². The molecule has 1 rings (SSSR count). The summed E-state index contributed by atoms with van der Waals surface area (Å²) in [7, 11) is 0. The fraction of sp³-hybridized carbons (Fsp3) is 0.805. The number of hydrogen-bond donors (Lipinski definition) is 1. The Balaban J connectivity index is 2.08. The van der Waals surface area contributed by atoms with Gasteiger partial charge in [-0.25, -0.2) is 0 Å². The van der Waals surface area contributed by atoms with E-state index < -0.39 is 5.79 Å². The number of rotatable bonds is 32. The predicted octanol–water partition coefficient (Wildman–Crippen LogP) is 12.9. The topological polar surface area (TPSA) is 38.7 Å². The zero-order valence-corrected chi connectivity index (χ0v) is 29.5. The molecule has 3 heteroatoms. The largest absolute Gasteiger partial charge is 0.396 e. The van der Waals surface area contributed by atoms with Crippen molar-refractivity contribution in [2.45, 2.75) is 199 Å². The van der Waals surface area contributed by atoms with Gasteiger partial charge in [0.1, 0.15) is 0 Å². The van der Waals surface area contributed by atoms with Crippen molar-refractivity contribution in [3.63, 3.8) is 0 Å². The van der Waals surface area contributed by atoms with Gasteiger partial charge in [-0.1, -0.05) is 140 Å². The molecule has 0 spiro atoms. The first-order chi connectivity index (χ1) is 21.8. The molecule has 0 aliphatic carbocycles. The Labute approximate surface area is 275 Å². The number of hydrogen-bond acceptors (Lipinski definition) is 3. The molecule has 0 radical (unpaired) electrons. The van der Waals surface area contributed by atoms with Crippen molar-refractivity contribution in [2.24, 2.45) is 0 Å². The highest BCUT2D eigenvalue weighted by Gasteiger charge is 2.40. The molecule has 1 saturated heterocycles. The first-order valence-electron chi connectivity index (χ1n) is 19.3. The van der Waals surface area contributed by atoms with Crippen molar-refractivity contribution in [3.8, 4) is 0 Å². The highest BCUT2D eigenvalue weighted by Crippen LogP contribution is 2.35. The Bertz CT molecular complexity index is 659. The number of ether oxygens (including phenoxy) is 2. The standard InChI is InChI=1S/C41H74O3/c1-3-5-7-9-11-13-15-17-19-21-23-25-27-29-31-33-36-41(43-39-40(44-41)35-38-42)37-34-32-30-28-26-24-22-20-18-16-14-12-10-8-6-4-2/h11-14,17-20,40,42H,3-10,15-16,21-39H2,1-2H3/b13-11-,14-12+,19-17-,20-18+. The van der Waals surface area contributed by atoms with E-state index in [9.17, 15) is 5.11 Å². The molecule has 1 aliphatic heterocycles. The van der Waals surface area contributed by atoms with Crippen LogP contribution in [-0.2, 0) is 9.47 Å². The van der Waals surface area contributed by atoms with Crippen molar-refractivity contribution < 1.29 is 14.6 Å². The molecule has 1 N–H and O–H groups in total. The summed E-state index contributed by atoms with van der Waals surface area (Å²) in [5.74, 6) is -0.398. The van der Waals surface area contributed by atoms with Crippen molar-refractivity contribution in [1.29, 1.82) is 0 Å². The predicted molar refractivity (Wildman–Crippen MR) is 193 cm³/mol. The Kier molecular flexibility index (Phi) is 29.5. The van der Waals surface area contributed by atoms with Crippen LogP contribution in [0.25, 0.3) is 0 Å². The summed E-state index contributed by atoms with van der Waals surface area (Å²) in [6.45, 7) is 5.35.